The van der Waals surface area contributed by atoms with Gasteiger partial charge in [-0.25, -0.2) is 4.98 Å². The summed E-state index contributed by atoms with van der Waals surface area (Å²) in [5.74, 6) is -1.20. The predicted molar refractivity (Wildman–Crippen MR) is 200 cm³/mol. The Morgan fingerprint density at radius 3 is 2.43 bits per heavy atom. The molecule has 2 aromatic heterocycles. The smallest absolute Gasteiger partial charge is 0.416 e. The van der Waals surface area contributed by atoms with Crippen LogP contribution < -0.4 is 15.5 Å². The van der Waals surface area contributed by atoms with Crippen molar-refractivity contribution in [1.29, 1.82) is 0 Å². The lowest BCUT2D eigenvalue weighted by molar-refractivity contribution is -0.138. The number of pyridine rings is 1. The van der Waals surface area contributed by atoms with E-state index in [-0.39, 0.29) is 24.4 Å². The van der Waals surface area contributed by atoms with Gasteiger partial charge in [0.2, 0.25) is 0 Å². The number of thiazole rings is 1. The summed E-state index contributed by atoms with van der Waals surface area (Å²) in [5.41, 5.74) is 4.32. The molecule has 3 heterocycles. The molecule has 6 rings (SSSR count). The predicted octanol–water partition coefficient (Wildman–Crippen LogP) is 8.62. The number of halogens is 3. The van der Waals surface area contributed by atoms with Crippen molar-refractivity contribution >= 4 is 52.3 Å². The number of aromatic nitrogens is 2. The SMILES string of the molecule is Cc1nc(SCc2cccc(C(=O)Nc3ccc(N4CCCCC4)cc3-c3cc(C(=O)NCc4cccc(C(F)(F)F)c4)ccn3)c2)sc1CC(=O)O. The minimum Gasteiger partial charge on any atom is -0.481 e. The van der Waals surface area contributed by atoms with Crippen LogP contribution in [0, 0.1) is 6.92 Å². The van der Waals surface area contributed by atoms with Crippen LogP contribution in [0.15, 0.2) is 89.4 Å². The summed E-state index contributed by atoms with van der Waals surface area (Å²) in [4.78, 5) is 50.1. The zero-order valence-electron chi connectivity index (χ0n) is 28.7. The van der Waals surface area contributed by atoms with Gasteiger partial charge in [0.05, 0.1) is 29.1 Å². The van der Waals surface area contributed by atoms with Crippen molar-refractivity contribution in [2.24, 2.45) is 0 Å². The summed E-state index contributed by atoms with van der Waals surface area (Å²) < 4.78 is 40.4. The molecule has 1 saturated heterocycles. The topological polar surface area (TPSA) is 125 Å². The van der Waals surface area contributed by atoms with E-state index in [1.54, 1.807) is 31.2 Å². The number of carboxylic acid groups (broad SMARTS) is 1. The summed E-state index contributed by atoms with van der Waals surface area (Å²) >= 11 is 2.83. The maximum absolute atomic E-state index is 13.7. The Bertz CT molecular complexity index is 2130. The molecule has 0 radical (unpaired) electrons. The number of carboxylic acids is 1. The zero-order valence-corrected chi connectivity index (χ0v) is 30.3. The Labute approximate surface area is 312 Å². The van der Waals surface area contributed by atoms with Gasteiger partial charge in [-0.05, 0) is 91.9 Å². The first-order chi connectivity index (χ1) is 25.4. The quantitative estimate of drug-likeness (QED) is 0.108. The second kappa shape index (κ2) is 16.6. The Kier molecular flexibility index (Phi) is 11.8. The minimum absolute atomic E-state index is 0.0724. The van der Waals surface area contributed by atoms with E-state index in [1.807, 2.05) is 24.3 Å². The monoisotopic (exact) mass is 759 g/mol. The van der Waals surface area contributed by atoms with E-state index in [0.29, 0.717) is 44.4 Å². The van der Waals surface area contributed by atoms with Gasteiger partial charge in [0.25, 0.3) is 11.8 Å². The molecule has 53 heavy (non-hydrogen) atoms. The van der Waals surface area contributed by atoms with Crippen LogP contribution in [0.5, 0.6) is 0 Å². The third-order valence-corrected chi connectivity index (χ3v) is 11.1. The van der Waals surface area contributed by atoms with Crippen molar-refractivity contribution in [1.82, 2.24) is 15.3 Å². The molecule has 9 nitrogen and oxygen atoms in total. The Morgan fingerprint density at radius 2 is 1.66 bits per heavy atom. The second-order valence-electron chi connectivity index (χ2n) is 12.6. The average Bonchev–Trinajstić information content (AvgIpc) is 3.51. The highest BCUT2D eigenvalue weighted by Gasteiger charge is 2.30. The molecule has 0 atom stereocenters. The lowest BCUT2D eigenvalue weighted by Crippen LogP contribution is -2.29. The Morgan fingerprint density at radius 1 is 0.906 bits per heavy atom. The molecule has 2 amide bonds. The van der Waals surface area contributed by atoms with Crippen LogP contribution in [0.1, 0.15) is 67.2 Å². The number of nitrogens with one attached hydrogen (secondary N) is 2. The molecule has 0 saturated carbocycles. The van der Waals surface area contributed by atoms with Crippen molar-refractivity contribution in [3.63, 3.8) is 0 Å². The lowest BCUT2D eigenvalue weighted by atomic mass is 10.0. The number of anilines is 2. The molecule has 0 bridgehead atoms. The van der Waals surface area contributed by atoms with Crippen molar-refractivity contribution in [3.05, 3.63) is 123 Å². The first-order valence-corrected chi connectivity index (χ1v) is 18.7. The highest BCUT2D eigenvalue weighted by Crippen LogP contribution is 2.34. The number of nitrogens with zero attached hydrogens (tertiary/aromatic N) is 3. The summed E-state index contributed by atoms with van der Waals surface area (Å²) in [5, 5.41) is 14.9. The lowest BCUT2D eigenvalue weighted by Gasteiger charge is -2.29. The number of carbonyl (C=O) groups excluding carboxylic acids is 2. The Hall–Kier alpha value is -5.21. The van der Waals surface area contributed by atoms with Crippen LogP contribution >= 0.6 is 23.1 Å². The molecule has 1 aliphatic rings. The standard InChI is InChI=1S/C39H36F3N5O4S2/c1-24-34(21-35(48)49)53-38(45-24)52-23-26-8-5-9-27(17-26)37(51)46-32-12-11-30(47-15-3-2-4-16-47)20-31(32)33-19-28(13-14-43-33)36(50)44-22-25-7-6-10-29(18-25)39(40,41)42/h5-14,17-20H,2-4,15-16,21-23H2,1H3,(H,44,50)(H,46,51)(H,48,49). The molecule has 274 valence electrons. The molecule has 3 N–H and O–H groups in total. The molecule has 1 aliphatic heterocycles. The molecular weight excluding hydrogens is 724 g/mol. The summed E-state index contributed by atoms with van der Waals surface area (Å²) in [6.45, 7) is 3.48. The molecule has 1 fully saturated rings. The maximum atomic E-state index is 13.7. The van der Waals surface area contributed by atoms with E-state index in [0.717, 1.165) is 60.1 Å². The van der Waals surface area contributed by atoms with Gasteiger partial charge in [-0.1, -0.05) is 36.0 Å². The van der Waals surface area contributed by atoms with Gasteiger partial charge in [-0.15, -0.1) is 11.3 Å². The number of thioether (sulfide) groups is 1. The van der Waals surface area contributed by atoms with Crippen LogP contribution in [0.2, 0.25) is 0 Å². The van der Waals surface area contributed by atoms with Gasteiger partial charge < -0.3 is 20.6 Å². The Balaban J connectivity index is 1.21. The number of alkyl halides is 3. The highest BCUT2D eigenvalue weighted by atomic mass is 32.2. The van der Waals surface area contributed by atoms with Gasteiger partial charge in [0.1, 0.15) is 0 Å². The fourth-order valence-electron chi connectivity index (χ4n) is 5.97. The number of hydrogen-bond donors (Lipinski definition) is 3. The number of aliphatic carboxylic acids is 1. The van der Waals surface area contributed by atoms with E-state index < -0.39 is 23.6 Å². The van der Waals surface area contributed by atoms with Crippen LogP contribution in [0.4, 0.5) is 24.5 Å². The minimum atomic E-state index is -4.49. The number of carbonyl (C=O) groups is 3. The van der Waals surface area contributed by atoms with E-state index >= 15 is 0 Å². The van der Waals surface area contributed by atoms with E-state index in [1.165, 1.54) is 47.5 Å². The van der Waals surface area contributed by atoms with Crippen LogP contribution in [0.25, 0.3) is 11.3 Å². The van der Waals surface area contributed by atoms with Gasteiger partial charge in [0.15, 0.2) is 4.34 Å². The van der Waals surface area contributed by atoms with Gasteiger partial charge in [-0.2, -0.15) is 13.2 Å². The van der Waals surface area contributed by atoms with Crippen LogP contribution in [-0.2, 0) is 29.7 Å². The average molecular weight is 760 g/mol. The third kappa shape index (κ3) is 9.82. The fourth-order valence-corrected chi connectivity index (χ4v) is 8.14. The molecule has 5 aromatic rings. The summed E-state index contributed by atoms with van der Waals surface area (Å²) in [6.07, 6.45) is 0.209. The van der Waals surface area contributed by atoms with Gasteiger partial charge in [0, 0.05) is 58.8 Å². The number of hydrogen-bond acceptors (Lipinski definition) is 8. The van der Waals surface area contributed by atoms with Crippen molar-refractivity contribution in [3.8, 4) is 11.3 Å². The van der Waals surface area contributed by atoms with E-state index in [4.69, 9.17) is 5.11 Å². The van der Waals surface area contributed by atoms with Crippen LogP contribution in [-0.4, -0.2) is 45.9 Å². The molecule has 0 aliphatic carbocycles. The highest BCUT2D eigenvalue weighted by molar-refractivity contribution is 8.00. The van der Waals surface area contributed by atoms with Gasteiger partial charge in [-0.3, -0.25) is 19.4 Å². The van der Waals surface area contributed by atoms with Crippen molar-refractivity contribution < 1.29 is 32.7 Å². The molecule has 14 heteroatoms. The second-order valence-corrected chi connectivity index (χ2v) is 14.9. The maximum Gasteiger partial charge on any atom is 0.416 e. The number of rotatable bonds is 12. The van der Waals surface area contributed by atoms with Crippen molar-refractivity contribution in [2.45, 2.75) is 55.4 Å². The number of benzene rings is 3. The summed E-state index contributed by atoms with van der Waals surface area (Å²) in [6, 6.07) is 20.9. The first-order valence-electron chi connectivity index (χ1n) is 16.9. The first kappa shape index (κ1) is 37.5. The van der Waals surface area contributed by atoms with Crippen LogP contribution in [0.3, 0.4) is 0 Å². The number of amides is 2. The van der Waals surface area contributed by atoms with Crippen molar-refractivity contribution in [2.75, 3.05) is 23.3 Å². The largest absolute Gasteiger partial charge is 0.481 e. The molecule has 0 unspecified atom stereocenters. The van der Waals surface area contributed by atoms with E-state index in [9.17, 15) is 27.6 Å². The number of aryl methyl sites for hydroxylation is 1. The van der Waals surface area contributed by atoms with E-state index in [2.05, 4.69) is 25.5 Å². The number of piperidine rings is 1. The summed E-state index contributed by atoms with van der Waals surface area (Å²) in [7, 11) is 0. The third-order valence-electron chi connectivity index (χ3n) is 8.71. The molecular formula is C39H36F3N5O4S2. The normalized spacial score (nSPS) is 13.1. The molecule has 3 aromatic carbocycles. The molecule has 0 spiro atoms. The zero-order chi connectivity index (χ0) is 37.5. The van der Waals surface area contributed by atoms with Gasteiger partial charge >= 0.3 is 12.1 Å². The fraction of sp³-hybridized carbons (Fsp3) is 0.256.